The molecule has 320 valence electrons. The number of anilines is 1. The zero-order valence-corrected chi connectivity index (χ0v) is 33.2. The van der Waals surface area contributed by atoms with Crippen LogP contribution < -0.4 is 15.8 Å². The molecule has 3 aromatic carbocycles. The van der Waals surface area contributed by atoms with Gasteiger partial charge in [0, 0.05) is 78.6 Å². The first kappa shape index (κ1) is 43.0. The second-order valence-corrected chi connectivity index (χ2v) is 14.2. The van der Waals surface area contributed by atoms with Crippen molar-refractivity contribution >= 4 is 50.4 Å². The normalized spacial score (nSPS) is 13.4. The minimum absolute atomic E-state index is 0.0261. The summed E-state index contributed by atoms with van der Waals surface area (Å²) >= 11 is 0. The summed E-state index contributed by atoms with van der Waals surface area (Å²) in [5.74, 6) is -0.154. The van der Waals surface area contributed by atoms with Crippen LogP contribution >= 0.6 is 0 Å². The highest BCUT2D eigenvalue weighted by molar-refractivity contribution is 6.05. The van der Waals surface area contributed by atoms with Gasteiger partial charge in [0.1, 0.15) is 0 Å². The van der Waals surface area contributed by atoms with Crippen molar-refractivity contribution in [3.05, 3.63) is 107 Å². The van der Waals surface area contributed by atoms with Crippen LogP contribution in [0, 0.1) is 0 Å². The zero-order valence-electron chi connectivity index (χ0n) is 33.2. The number of carbonyl (C=O) groups excluding carboxylic acids is 1. The number of nitrogens with zero attached hydrogens (tertiary/aromatic N) is 5. The number of amides is 2. The van der Waals surface area contributed by atoms with Gasteiger partial charge in [-0.25, -0.2) is 4.79 Å². The standard InChI is InChI=1S/C44H45F3N6O8/c45-44(46,47)36-27-34(53-41(55)10-6-32-28-50-38-8-5-30(26-35(38)42(32)53)33-25-31-3-1-2-4-37(31)49-29-33)7-9-39(36)51-13-15-52(16-14-51)40(54)11-17-58-19-21-60-23-24-61-22-20-59-18-12-48-43(56)57/h1-10,25-29,48H,11-24H2,(H,56,57). The van der Waals surface area contributed by atoms with Crippen molar-refractivity contribution in [2.75, 3.05) is 90.5 Å². The van der Waals surface area contributed by atoms with Crippen LogP contribution in [0.4, 0.5) is 23.7 Å². The zero-order chi connectivity index (χ0) is 42.8. The Labute approximate surface area is 348 Å². The second kappa shape index (κ2) is 19.9. The number of benzene rings is 3. The summed E-state index contributed by atoms with van der Waals surface area (Å²) in [7, 11) is 0. The van der Waals surface area contributed by atoms with E-state index in [1.54, 1.807) is 28.3 Å². The van der Waals surface area contributed by atoms with Crippen molar-refractivity contribution in [2.24, 2.45) is 0 Å². The molecule has 17 heteroatoms. The summed E-state index contributed by atoms with van der Waals surface area (Å²) in [5, 5.41) is 12.8. The maximum Gasteiger partial charge on any atom is 0.418 e. The van der Waals surface area contributed by atoms with Crippen LogP contribution in [0.5, 0.6) is 0 Å². The van der Waals surface area contributed by atoms with Crippen molar-refractivity contribution in [1.29, 1.82) is 0 Å². The Morgan fingerprint density at radius 3 is 2.11 bits per heavy atom. The maximum atomic E-state index is 14.9. The van der Waals surface area contributed by atoms with Gasteiger partial charge in [-0.05, 0) is 54.1 Å². The number of aromatic nitrogens is 3. The van der Waals surface area contributed by atoms with Gasteiger partial charge in [-0.1, -0.05) is 24.3 Å². The topological polar surface area (TPSA) is 158 Å². The third-order valence-corrected chi connectivity index (χ3v) is 10.3. The van der Waals surface area contributed by atoms with Gasteiger partial charge >= 0.3 is 12.3 Å². The summed E-state index contributed by atoms with van der Waals surface area (Å²) in [6.45, 7) is 3.44. The van der Waals surface area contributed by atoms with E-state index in [-0.39, 0.29) is 76.2 Å². The van der Waals surface area contributed by atoms with Gasteiger partial charge in [0.15, 0.2) is 0 Å². The Balaban J connectivity index is 0.958. The first-order valence-corrected chi connectivity index (χ1v) is 19.9. The lowest BCUT2D eigenvalue weighted by Gasteiger charge is -2.37. The summed E-state index contributed by atoms with van der Waals surface area (Å²) in [4.78, 5) is 49.3. The largest absolute Gasteiger partial charge is 0.465 e. The predicted octanol–water partition coefficient (Wildman–Crippen LogP) is 6.15. The molecule has 0 aliphatic carbocycles. The first-order chi connectivity index (χ1) is 29.6. The highest BCUT2D eigenvalue weighted by Crippen LogP contribution is 2.39. The monoisotopic (exact) mass is 842 g/mol. The van der Waals surface area contributed by atoms with E-state index >= 15 is 0 Å². The minimum atomic E-state index is -4.74. The molecule has 2 amide bonds. The number of piperazine rings is 1. The number of hydrogen-bond donors (Lipinski definition) is 2. The summed E-state index contributed by atoms with van der Waals surface area (Å²) in [5.41, 5.74) is 2.19. The van der Waals surface area contributed by atoms with Crippen LogP contribution in [0.1, 0.15) is 12.0 Å². The SMILES string of the molecule is O=C(O)NCCOCCOCCOCCOCCC(=O)N1CCN(c2ccc(-n3c(=O)ccc4cnc5ccc(-c6cnc7ccccc7c6)cc5c43)cc2C(F)(F)F)CC1. The number of ether oxygens (including phenoxy) is 4. The van der Waals surface area contributed by atoms with E-state index in [1.165, 1.54) is 22.8 Å². The molecule has 1 aliphatic heterocycles. The highest BCUT2D eigenvalue weighted by atomic mass is 19.4. The molecule has 3 aromatic heterocycles. The number of hydrogen-bond acceptors (Lipinski definition) is 10. The number of para-hydroxylation sites is 1. The molecule has 4 heterocycles. The van der Waals surface area contributed by atoms with Crippen LogP contribution in [0.15, 0.2) is 96.1 Å². The number of pyridine rings is 3. The first-order valence-electron chi connectivity index (χ1n) is 19.9. The van der Waals surface area contributed by atoms with Crippen molar-refractivity contribution in [2.45, 2.75) is 12.6 Å². The van der Waals surface area contributed by atoms with Crippen molar-refractivity contribution in [3.63, 3.8) is 0 Å². The lowest BCUT2D eigenvalue weighted by Crippen LogP contribution is -2.49. The number of carbonyl (C=O) groups is 2. The Morgan fingerprint density at radius 2 is 1.39 bits per heavy atom. The number of alkyl halides is 3. The fourth-order valence-electron chi connectivity index (χ4n) is 7.25. The molecule has 7 rings (SSSR count). The highest BCUT2D eigenvalue weighted by Gasteiger charge is 2.36. The van der Waals surface area contributed by atoms with E-state index in [9.17, 15) is 27.6 Å². The molecular weight excluding hydrogens is 798 g/mol. The van der Waals surface area contributed by atoms with Crippen molar-refractivity contribution < 1.29 is 46.8 Å². The molecule has 2 N–H and O–H groups in total. The van der Waals surface area contributed by atoms with E-state index in [0.717, 1.165) is 28.1 Å². The fourth-order valence-corrected chi connectivity index (χ4v) is 7.25. The molecule has 1 aliphatic rings. The third kappa shape index (κ3) is 10.8. The van der Waals surface area contributed by atoms with E-state index in [4.69, 9.17) is 24.1 Å². The summed E-state index contributed by atoms with van der Waals surface area (Å²) in [6, 6.07) is 22.3. The molecule has 0 saturated carbocycles. The third-order valence-electron chi connectivity index (χ3n) is 10.3. The van der Waals surface area contributed by atoms with Crippen LogP contribution in [-0.4, -0.2) is 122 Å². The molecule has 0 radical (unpaired) electrons. The van der Waals surface area contributed by atoms with E-state index in [1.807, 2.05) is 48.5 Å². The predicted molar refractivity (Wildman–Crippen MR) is 223 cm³/mol. The summed E-state index contributed by atoms with van der Waals surface area (Å²) in [6.07, 6.45) is -2.34. The van der Waals surface area contributed by atoms with Gasteiger partial charge in [0.05, 0.1) is 87.1 Å². The smallest absolute Gasteiger partial charge is 0.418 e. The Morgan fingerprint density at radius 1 is 0.705 bits per heavy atom. The molecule has 14 nitrogen and oxygen atoms in total. The van der Waals surface area contributed by atoms with Crippen molar-refractivity contribution in [1.82, 2.24) is 24.8 Å². The van der Waals surface area contributed by atoms with Gasteiger partial charge in [-0.3, -0.25) is 24.1 Å². The number of nitrogens with one attached hydrogen (secondary N) is 1. The van der Waals surface area contributed by atoms with Crippen LogP contribution in [0.2, 0.25) is 0 Å². The fraction of sp³-hybridized carbons (Fsp3) is 0.341. The molecule has 6 aromatic rings. The summed E-state index contributed by atoms with van der Waals surface area (Å²) < 4.78 is 67.5. The maximum absolute atomic E-state index is 14.9. The Kier molecular flexibility index (Phi) is 14.0. The molecule has 0 bridgehead atoms. The molecule has 1 fully saturated rings. The minimum Gasteiger partial charge on any atom is -0.465 e. The number of carboxylic acid groups (broad SMARTS) is 1. The van der Waals surface area contributed by atoms with E-state index in [2.05, 4.69) is 15.3 Å². The lowest BCUT2D eigenvalue weighted by molar-refractivity contribution is -0.137. The second-order valence-electron chi connectivity index (χ2n) is 14.2. The van der Waals surface area contributed by atoms with E-state index in [0.29, 0.717) is 54.8 Å². The van der Waals surface area contributed by atoms with Gasteiger partial charge in [0.2, 0.25) is 5.91 Å². The van der Waals surface area contributed by atoms with Crippen LogP contribution in [0.25, 0.3) is 49.5 Å². The average Bonchev–Trinajstić information content (AvgIpc) is 3.26. The molecule has 1 saturated heterocycles. The molecule has 61 heavy (non-hydrogen) atoms. The van der Waals surface area contributed by atoms with Gasteiger partial charge in [-0.2, -0.15) is 13.2 Å². The average molecular weight is 843 g/mol. The van der Waals surface area contributed by atoms with Crippen LogP contribution in [-0.2, 0) is 29.9 Å². The number of fused-ring (bicyclic) bond motifs is 4. The van der Waals surface area contributed by atoms with E-state index < -0.39 is 23.4 Å². The van der Waals surface area contributed by atoms with Crippen LogP contribution in [0.3, 0.4) is 0 Å². The quantitative estimate of drug-likeness (QED) is 0.0757. The van der Waals surface area contributed by atoms with Gasteiger partial charge < -0.3 is 39.2 Å². The van der Waals surface area contributed by atoms with Gasteiger partial charge in [-0.15, -0.1) is 0 Å². The molecular formula is C44H45F3N6O8. The van der Waals surface area contributed by atoms with Crippen molar-refractivity contribution in [3.8, 4) is 16.8 Å². The Bertz CT molecular complexity index is 2540. The lowest BCUT2D eigenvalue weighted by atomic mass is 10.0. The number of halogens is 3. The number of rotatable bonds is 18. The molecule has 0 spiro atoms. The van der Waals surface area contributed by atoms with Gasteiger partial charge in [0.25, 0.3) is 5.56 Å². The molecule has 0 atom stereocenters. The molecule has 0 unspecified atom stereocenters. The Hall–Kier alpha value is -6.14.